The fraction of sp³-hybridized carbons (Fsp3) is 0.462. The molecule has 2 aromatic rings. The van der Waals surface area contributed by atoms with Crippen LogP contribution < -0.4 is 5.32 Å². The standard InChI is InChI=1S/C13H15ClN2O/c1-8-5-11-12(6-10(8)14)17-13(16-11)9-3-2-4-15-7-9/h5-6,9,15H,2-4,7H2,1H3. The van der Waals surface area contributed by atoms with Crippen molar-refractivity contribution in [3.8, 4) is 0 Å². The summed E-state index contributed by atoms with van der Waals surface area (Å²) in [6.45, 7) is 4.04. The second-order valence-corrected chi connectivity index (χ2v) is 5.07. The molecular weight excluding hydrogens is 236 g/mol. The first kappa shape index (κ1) is 11.1. The third-order valence-corrected chi connectivity index (χ3v) is 3.74. The summed E-state index contributed by atoms with van der Waals surface area (Å²) in [6, 6.07) is 3.85. The molecule has 0 spiro atoms. The monoisotopic (exact) mass is 250 g/mol. The van der Waals surface area contributed by atoms with Gasteiger partial charge in [0, 0.05) is 23.6 Å². The number of piperidine rings is 1. The highest BCUT2D eigenvalue weighted by Gasteiger charge is 2.20. The maximum Gasteiger partial charge on any atom is 0.199 e. The predicted octanol–water partition coefficient (Wildman–Crippen LogP) is 3.26. The number of nitrogens with one attached hydrogen (secondary N) is 1. The van der Waals surface area contributed by atoms with Gasteiger partial charge in [0.1, 0.15) is 5.52 Å². The fourth-order valence-electron chi connectivity index (χ4n) is 2.31. The van der Waals surface area contributed by atoms with Crippen molar-refractivity contribution in [3.05, 3.63) is 28.6 Å². The first-order chi connectivity index (χ1) is 8.24. The van der Waals surface area contributed by atoms with E-state index in [1.807, 2.05) is 19.1 Å². The fourth-order valence-corrected chi connectivity index (χ4v) is 2.46. The zero-order chi connectivity index (χ0) is 11.8. The van der Waals surface area contributed by atoms with Crippen LogP contribution in [-0.4, -0.2) is 18.1 Å². The number of aryl methyl sites for hydroxylation is 1. The Morgan fingerprint density at radius 2 is 2.35 bits per heavy atom. The van der Waals surface area contributed by atoms with Crippen molar-refractivity contribution < 1.29 is 4.42 Å². The van der Waals surface area contributed by atoms with Gasteiger partial charge in [-0.2, -0.15) is 0 Å². The molecule has 1 fully saturated rings. The summed E-state index contributed by atoms with van der Waals surface area (Å²) in [6.07, 6.45) is 2.33. The highest BCUT2D eigenvalue weighted by atomic mass is 35.5. The Balaban J connectivity index is 2.00. The van der Waals surface area contributed by atoms with Crippen LogP contribution in [0.1, 0.15) is 30.2 Å². The number of oxazole rings is 1. The van der Waals surface area contributed by atoms with Crippen molar-refractivity contribution in [2.45, 2.75) is 25.7 Å². The number of fused-ring (bicyclic) bond motifs is 1. The lowest BCUT2D eigenvalue weighted by atomic mass is 10.00. The van der Waals surface area contributed by atoms with Gasteiger partial charge in [0.25, 0.3) is 0 Å². The molecule has 1 aromatic carbocycles. The van der Waals surface area contributed by atoms with E-state index in [1.54, 1.807) is 0 Å². The second kappa shape index (κ2) is 4.31. The van der Waals surface area contributed by atoms with Crippen LogP contribution in [0, 0.1) is 6.92 Å². The Hall–Kier alpha value is -1.06. The Labute approximate surface area is 105 Å². The van der Waals surface area contributed by atoms with Crippen molar-refractivity contribution in [1.82, 2.24) is 10.3 Å². The molecule has 1 aromatic heterocycles. The van der Waals surface area contributed by atoms with E-state index in [4.69, 9.17) is 16.0 Å². The predicted molar refractivity (Wildman–Crippen MR) is 68.6 cm³/mol. The van der Waals surface area contributed by atoms with Crippen LogP contribution in [-0.2, 0) is 0 Å². The van der Waals surface area contributed by atoms with E-state index in [0.717, 1.165) is 47.1 Å². The minimum atomic E-state index is 0.398. The van der Waals surface area contributed by atoms with Gasteiger partial charge in [-0.25, -0.2) is 4.98 Å². The van der Waals surface area contributed by atoms with Gasteiger partial charge in [0.15, 0.2) is 11.5 Å². The molecule has 17 heavy (non-hydrogen) atoms. The van der Waals surface area contributed by atoms with E-state index in [1.165, 1.54) is 6.42 Å². The zero-order valence-corrected chi connectivity index (χ0v) is 10.5. The molecule has 1 aliphatic heterocycles. The number of nitrogens with zero attached hydrogens (tertiary/aromatic N) is 1. The average molecular weight is 251 g/mol. The molecule has 3 nitrogen and oxygen atoms in total. The van der Waals surface area contributed by atoms with E-state index in [-0.39, 0.29) is 0 Å². The quantitative estimate of drug-likeness (QED) is 0.844. The number of rotatable bonds is 1. The van der Waals surface area contributed by atoms with Crippen LogP contribution >= 0.6 is 11.6 Å². The Morgan fingerprint density at radius 1 is 1.47 bits per heavy atom. The minimum Gasteiger partial charge on any atom is -0.440 e. The van der Waals surface area contributed by atoms with Crippen molar-refractivity contribution in [2.75, 3.05) is 13.1 Å². The SMILES string of the molecule is Cc1cc2nc(C3CCCNC3)oc2cc1Cl. The molecule has 2 heterocycles. The van der Waals surface area contributed by atoms with Crippen LogP contribution in [0.4, 0.5) is 0 Å². The van der Waals surface area contributed by atoms with Crippen LogP contribution in [0.15, 0.2) is 16.5 Å². The molecule has 0 aliphatic carbocycles. The summed E-state index contributed by atoms with van der Waals surface area (Å²) in [5.74, 6) is 1.24. The summed E-state index contributed by atoms with van der Waals surface area (Å²) in [4.78, 5) is 4.57. The maximum absolute atomic E-state index is 6.08. The normalized spacial score (nSPS) is 20.9. The summed E-state index contributed by atoms with van der Waals surface area (Å²) >= 11 is 6.08. The summed E-state index contributed by atoms with van der Waals surface area (Å²) in [5.41, 5.74) is 2.74. The van der Waals surface area contributed by atoms with Crippen LogP contribution in [0.5, 0.6) is 0 Å². The molecule has 1 aliphatic rings. The molecule has 1 saturated heterocycles. The smallest absolute Gasteiger partial charge is 0.199 e. The Bertz CT molecular complexity index is 505. The van der Waals surface area contributed by atoms with Crippen molar-refractivity contribution in [3.63, 3.8) is 0 Å². The molecule has 3 rings (SSSR count). The zero-order valence-electron chi connectivity index (χ0n) is 9.79. The molecule has 0 radical (unpaired) electrons. The summed E-state index contributed by atoms with van der Waals surface area (Å²) < 4.78 is 5.81. The highest BCUT2D eigenvalue weighted by Crippen LogP contribution is 2.29. The Kier molecular flexibility index (Phi) is 2.81. The number of benzene rings is 1. The van der Waals surface area contributed by atoms with Crippen molar-refractivity contribution in [1.29, 1.82) is 0 Å². The van der Waals surface area contributed by atoms with Gasteiger partial charge in [-0.1, -0.05) is 11.6 Å². The van der Waals surface area contributed by atoms with Gasteiger partial charge in [-0.15, -0.1) is 0 Å². The molecular formula is C13H15ClN2O. The lowest BCUT2D eigenvalue weighted by Gasteiger charge is -2.19. The topological polar surface area (TPSA) is 38.1 Å². The molecule has 0 saturated carbocycles. The third kappa shape index (κ3) is 2.05. The molecule has 90 valence electrons. The minimum absolute atomic E-state index is 0.398. The molecule has 0 amide bonds. The number of hydrogen-bond donors (Lipinski definition) is 1. The lowest BCUT2D eigenvalue weighted by Crippen LogP contribution is -2.28. The van der Waals surface area contributed by atoms with Gasteiger partial charge in [0.05, 0.1) is 0 Å². The van der Waals surface area contributed by atoms with Crippen LogP contribution in [0.3, 0.4) is 0 Å². The Morgan fingerprint density at radius 3 is 3.12 bits per heavy atom. The van der Waals surface area contributed by atoms with Crippen LogP contribution in [0.2, 0.25) is 5.02 Å². The second-order valence-electron chi connectivity index (χ2n) is 4.66. The first-order valence-corrected chi connectivity index (χ1v) is 6.39. The van der Waals surface area contributed by atoms with Crippen molar-refractivity contribution >= 4 is 22.7 Å². The van der Waals surface area contributed by atoms with Gasteiger partial charge >= 0.3 is 0 Å². The van der Waals surface area contributed by atoms with E-state index in [9.17, 15) is 0 Å². The van der Waals surface area contributed by atoms with E-state index >= 15 is 0 Å². The summed E-state index contributed by atoms with van der Waals surface area (Å²) in [5, 5.41) is 4.11. The average Bonchev–Trinajstić information content (AvgIpc) is 2.74. The van der Waals surface area contributed by atoms with Gasteiger partial charge in [-0.05, 0) is 37.9 Å². The van der Waals surface area contributed by atoms with Crippen molar-refractivity contribution in [2.24, 2.45) is 0 Å². The van der Waals surface area contributed by atoms with E-state index in [0.29, 0.717) is 5.92 Å². The van der Waals surface area contributed by atoms with Gasteiger partial charge in [0.2, 0.25) is 0 Å². The van der Waals surface area contributed by atoms with E-state index in [2.05, 4.69) is 10.3 Å². The molecule has 0 bridgehead atoms. The van der Waals surface area contributed by atoms with Gasteiger partial charge in [-0.3, -0.25) is 0 Å². The first-order valence-electron chi connectivity index (χ1n) is 6.01. The van der Waals surface area contributed by atoms with Crippen LogP contribution in [0.25, 0.3) is 11.1 Å². The highest BCUT2D eigenvalue weighted by molar-refractivity contribution is 6.32. The van der Waals surface area contributed by atoms with E-state index < -0.39 is 0 Å². The number of halogens is 1. The molecule has 4 heteroatoms. The summed E-state index contributed by atoms with van der Waals surface area (Å²) in [7, 11) is 0. The van der Waals surface area contributed by atoms with Gasteiger partial charge < -0.3 is 9.73 Å². The third-order valence-electron chi connectivity index (χ3n) is 3.33. The lowest BCUT2D eigenvalue weighted by molar-refractivity contribution is 0.387. The largest absolute Gasteiger partial charge is 0.440 e. The molecule has 1 unspecified atom stereocenters. The number of aromatic nitrogens is 1. The molecule has 1 N–H and O–H groups in total. The molecule has 1 atom stereocenters. The number of hydrogen-bond acceptors (Lipinski definition) is 3. The maximum atomic E-state index is 6.08.